The summed E-state index contributed by atoms with van der Waals surface area (Å²) in [5.41, 5.74) is 4.96. The third-order valence-electron chi connectivity index (χ3n) is 1.29. The van der Waals surface area contributed by atoms with Gasteiger partial charge in [0.25, 0.3) is 0 Å². The van der Waals surface area contributed by atoms with E-state index >= 15 is 0 Å². The Balaban J connectivity index is 3.15. The number of alkyl halides is 3. The first kappa shape index (κ1) is 11.6. The molecule has 0 bridgehead atoms. The molecule has 0 saturated carbocycles. The van der Waals surface area contributed by atoms with E-state index < -0.39 is 12.2 Å². The molecule has 0 aliphatic rings. The highest BCUT2D eigenvalue weighted by molar-refractivity contribution is 9.10. The zero-order chi connectivity index (χ0) is 11.6. The van der Waals surface area contributed by atoms with Gasteiger partial charge >= 0.3 is 6.36 Å². The highest BCUT2D eigenvalue weighted by Crippen LogP contribution is 2.30. The van der Waals surface area contributed by atoms with Crippen LogP contribution in [0.4, 0.5) is 18.9 Å². The molecule has 0 aliphatic carbocycles. The zero-order valence-corrected chi connectivity index (χ0v) is 8.56. The number of ether oxygens (including phenoxy) is 1. The first-order valence-electron chi connectivity index (χ1n) is 3.45. The van der Waals surface area contributed by atoms with Crippen LogP contribution in [0.15, 0.2) is 10.5 Å². The van der Waals surface area contributed by atoms with E-state index in [9.17, 15) is 13.2 Å². The van der Waals surface area contributed by atoms with Gasteiger partial charge in [-0.1, -0.05) is 0 Å². The van der Waals surface area contributed by atoms with Gasteiger partial charge in [-0.25, -0.2) is 0 Å². The van der Waals surface area contributed by atoms with Crippen LogP contribution in [0.1, 0.15) is 5.69 Å². The van der Waals surface area contributed by atoms with Gasteiger partial charge < -0.3 is 10.5 Å². The smallest absolute Gasteiger partial charge is 0.396 e. The summed E-state index contributed by atoms with van der Waals surface area (Å²) in [5.74, 6) is -0.742. The maximum atomic E-state index is 11.9. The molecule has 1 aromatic rings. The molecule has 80 valence electrons. The Kier molecular flexibility index (Phi) is 3.04. The van der Waals surface area contributed by atoms with E-state index in [1.807, 2.05) is 0 Å². The molecule has 8 heteroatoms. The number of nitrogens with zero attached hydrogens (tertiary/aromatic N) is 2. The van der Waals surface area contributed by atoms with Crippen LogP contribution in [-0.4, -0.2) is 11.3 Å². The summed E-state index contributed by atoms with van der Waals surface area (Å²) in [6.45, 7) is 0. The molecular weight excluding hydrogens is 279 g/mol. The van der Waals surface area contributed by atoms with Gasteiger partial charge in [0.1, 0.15) is 6.07 Å². The Labute approximate surface area is 90.6 Å². The lowest BCUT2D eigenvalue weighted by molar-refractivity contribution is -0.276. The predicted octanol–water partition coefficient (Wildman–Crippen LogP) is 2.20. The number of hydrogen-bond donors (Lipinski definition) is 1. The second kappa shape index (κ2) is 3.94. The summed E-state index contributed by atoms with van der Waals surface area (Å²) in [6.07, 6.45) is -4.86. The van der Waals surface area contributed by atoms with E-state index in [4.69, 9.17) is 11.0 Å². The third-order valence-corrected chi connectivity index (χ3v) is 1.86. The molecule has 0 aliphatic heterocycles. The number of anilines is 1. The van der Waals surface area contributed by atoms with Crippen LogP contribution in [-0.2, 0) is 0 Å². The standard InChI is InChI=1S/C7H3BrF3N3O/c8-3-1-4(13)5(2-12)14-6(3)15-7(9,10)11/h1H,13H2. The highest BCUT2D eigenvalue weighted by Gasteiger charge is 2.33. The first-order valence-corrected chi connectivity index (χ1v) is 4.24. The molecule has 0 spiro atoms. The molecule has 2 N–H and O–H groups in total. The van der Waals surface area contributed by atoms with Crippen molar-refractivity contribution in [2.75, 3.05) is 5.73 Å². The lowest BCUT2D eigenvalue weighted by Gasteiger charge is -2.10. The summed E-state index contributed by atoms with van der Waals surface area (Å²) in [4.78, 5) is 3.30. The van der Waals surface area contributed by atoms with E-state index in [1.165, 1.54) is 0 Å². The molecule has 1 heterocycles. The van der Waals surface area contributed by atoms with Crippen molar-refractivity contribution in [1.82, 2.24) is 4.98 Å². The Morgan fingerprint density at radius 3 is 2.60 bits per heavy atom. The van der Waals surface area contributed by atoms with Crippen LogP contribution < -0.4 is 10.5 Å². The summed E-state index contributed by atoms with van der Waals surface area (Å²) in [5, 5.41) is 8.49. The van der Waals surface area contributed by atoms with Crippen molar-refractivity contribution in [3.05, 3.63) is 16.2 Å². The molecule has 15 heavy (non-hydrogen) atoms. The minimum Gasteiger partial charge on any atom is -0.396 e. The molecule has 1 rings (SSSR count). The first-order chi connectivity index (χ1) is 6.83. The van der Waals surface area contributed by atoms with Crippen molar-refractivity contribution >= 4 is 21.6 Å². The molecule has 0 atom stereocenters. The topological polar surface area (TPSA) is 71.9 Å². The highest BCUT2D eigenvalue weighted by atomic mass is 79.9. The predicted molar refractivity (Wildman–Crippen MR) is 47.7 cm³/mol. The van der Waals surface area contributed by atoms with Crippen LogP contribution in [0.25, 0.3) is 0 Å². The Morgan fingerprint density at radius 2 is 2.13 bits per heavy atom. The zero-order valence-electron chi connectivity index (χ0n) is 6.97. The van der Waals surface area contributed by atoms with Crippen molar-refractivity contribution in [2.24, 2.45) is 0 Å². The van der Waals surface area contributed by atoms with E-state index in [0.717, 1.165) is 6.07 Å². The number of nitrogens with two attached hydrogens (primary N) is 1. The number of rotatable bonds is 1. The van der Waals surface area contributed by atoms with Gasteiger partial charge in [-0.15, -0.1) is 13.2 Å². The van der Waals surface area contributed by atoms with Crippen LogP contribution in [0.5, 0.6) is 5.88 Å². The number of hydrogen-bond acceptors (Lipinski definition) is 4. The summed E-state index contributed by atoms with van der Waals surface area (Å²) >= 11 is 2.79. The average Bonchev–Trinajstić information content (AvgIpc) is 2.07. The fourth-order valence-electron chi connectivity index (χ4n) is 0.757. The van der Waals surface area contributed by atoms with Crippen molar-refractivity contribution in [2.45, 2.75) is 6.36 Å². The van der Waals surface area contributed by atoms with Gasteiger partial charge in [0.05, 0.1) is 10.2 Å². The Bertz CT molecular complexity index is 427. The number of pyridine rings is 1. The van der Waals surface area contributed by atoms with Gasteiger partial charge in [-0.3, -0.25) is 0 Å². The van der Waals surface area contributed by atoms with Crippen molar-refractivity contribution < 1.29 is 17.9 Å². The second-order valence-corrected chi connectivity index (χ2v) is 3.23. The summed E-state index contributed by atoms with van der Waals surface area (Å²) in [6, 6.07) is 2.66. The van der Waals surface area contributed by atoms with Crippen LogP contribution >= 0.6 is 15.9 Å². The SMILES string of the molecule is N#Cc1nc(OC(F)(F)F)c(Br)cc1N. The third kappa shape index (κ3) is 2.99. The van der Waals surface area contributed by atoms with Crippen LogP contribution in [0, 0.1) is 11.3 Å². The van der Waals surface area contributed by atoms with E-state index in [2.05, 4.69) is 25.7 Å². The minimum absolute atomic E-state index is 0.0288. The molecular formula is C7H3BrF3N3O. The molecule has 0 saturated heterocycles. The van der Waals surface area contributed by atoms with Gasteiger partial charge in [0, 0.05) is 0 Å². The quantitative estimate of drug-likeness (QED) is 0.857. The summed E-state index contributed by atoms with van der Waals surface area (Å²) < 4.78 is 39.1. The van der Waals surface area contributed by atoms with Crippen molar-refractivity contribution in [3.63, 3.8) is 0 Å². The number of aromatic nitrogens is 1. The largest absolute Gasteiger partial charge is 0.574 e. The average molecular weight is 282 g/mol. The van der Waals surface area contributed by atoms with Crippen molar-refractivity contribution in [3.8, 4) is 11.9 Å². The maximum absolute atomic E-state index is 11.9. The van der Waals surface area contributed by atoms with E-state index in [1.54, 1.807) is 6.07 Å². The van der Waals surface area contributed by atoms with Gasteiger partial charge in [-0.2, -0.15) is 10.2 Å². The summed E-state index contributed by atoms with van der Waals surface area (Å²) in [7, 11) is 0. The van der Waals surface area contributed by atoms with E-state index in [0.29, 0.717) is 0 Å². The molecule has 0 amide bonds. The number of nitriles is 1. The van der Waals surface area contributed by atoms with E-state index in [-0.39, 0.29) is 15.9 Å². The number of halogens is 4. The van der Waals surface area contributed by atoms with Gasteiger partial charge in [0.2, 0.25) is 5.88 Å². The molecule has 0 fully saturated rings. The fraction of sp³-hybridized carbons (Fsp3) is 0.143. The maximum Gasteiger partial charge on any atom is 0.574 e. The minimum atomic E-state index is -4.86. The molecule has 4 nitrogen and oxygen atoms in total. The van der Waals surface area contributed by atoms with Gasteiger partial charge in [0.15, 0.2) is 5.69 Å². The lowest BCUT2D eigenvalue weighted by Crippen LogP contribution is -2.18. The second-order valence-electron chi connectivity index (χ2n) is 2.37. The molecule has 1 aromatic heterocycles. The molecule has 0 unspecified atom stereocenters. The van der Waals surface area contributed by atoms with Crippen LogP contribution in [0.3, 0.4) is 0 Å². The Hall–Kier alpha value is -1.49. The fourth-order valence-corrected chi connectivity index (χ4v) is 1.17. The van der Waals surface area contributed by atoms with Crippen LogP contribution in [0.2, 0.25) is 0 Å². The number of nitrogen functional groups attached to an aromatic ring is 1. The molecule has 0 radical (unpaired) electrons. The van der Waals surface area contributed by atoms with Gasteiger partial charge in [-0.05, 0) is 22.0 Å². The molecule has 0 aromatic carbocycles. The Morgan fingerprint density at radius 1 is 1.53 bits per heavy atom. The van der Waals surface area contributed by atoms with Crippen molar-refractivity contribution in [1.29, 1.82) is 5.26 Å². The monoisotopic (exact) mass is 281 g/mol. The normalized spacial score (nSPS) is 10.9. The lowest BCUT2D eigenvalue weighted by atomic mass is 10.3.